The van der Waals surface area contributed by atoms with Crippen molar-refractivity contribution >= 4 is 22.8 Å². The molecule has 0 aliphatic carbocycles. The molecule has 4 nitrogen and oxygen atoms in total. The van der Waals surface area contributed by atoms with Gasteiger partial charge in [-0.15, -0.1) is 0 Å². The van der Waals surface area contributed by atoms with Crippen LogP contribution in [0.5, 0.6) is 0 Å². The van der Waals surface area contributed by atoms with Crippen LogP contribution in [-0.2, 0) is 9.59 Å². The molecule has 18 heavy (non-hydrogen) atoms. The van der Waals surface area contributed by atoms with Gasteiger partial charge in [0, 0.05) is 11.3 Å². The predicted molar refractivity (Wildman–Crippen MR) is 69.0 cm³/mol. The Morgan fingerprint density at radius 3 is 2.67 bits per heavy atom. The van der Waals surface area contributed by atoms with E-state index in [1.807, 2.05) is 30.3 Å². The standard InChI is InChI=1S/C13H15NO3S/c1-8(15)12-10(14-13(12)17)7-11(16)18-9-5-3-2-4-6-9/h2-6,8,10,12,15H,7H2,1H3,(H,14,17)/t8-,10+,12+/m1/s1. The first kappa shape index (κ1) is 13.1. The van der Waals surface area contributed by atoms with E-state index in [1.165, 1.54) is 0 Å². The summed E-state index contributed by atoms with van der Waals surface area (Å²) in [5.74, 6) is -0.627. The third-order valence-electron chi connectivity index (χ3n) is 2.95. The second-order valence-corrected chi connectivity index (χ2v) is 5.50. The number of β-lactam (4-membered cyclic amide) rings is 1. The first-order chi connectivity index (χ1) is 8.58. The van der Waals surface area contributed by atoms with Gasteiger partial charge < -0.3 is 10.4 Å². The van der Waals surface area contributed by atoms with Crippen molar-refractivity contribution in [2.24, 2.45) is 5.92 Å². The summed E-state index contributed by atoms with van der Waals surface area (Å²) in [6.07, 6.45) is -0.459. The third-order valence-corrected chi connectivity index (χ3v) is 3.85. The Kier molecular flexibility index (Phi) is 4.04. The molecule has 0 radical (unpaired) electrons. The second-order valence-electron chi connectivity index (χ2n) is 4.37. The fraction of sp³-hybridized carbons (Fsp3) is 0.385. The molecular weight excluding hydrogens is 250 g/mol. The van der Waals surface area contributed by atoms with Crippen molar-refractivity contribution in [3.05, 3.63) is 30.3 Å². The molecule has 0 saturated carbocycles. The fourth-order valence-corrected chi connectivity index (χ4v) is 2.85. The molecule has 1 amide bonds. The van der Waals surface area contributed by atoms with Crippen LogP contribution >= 0.6 is 11.8 Å². The zero-order valence-electron chi connectivity index (χ0n) is 10.00. The summed E-state index contributed by atoms with van der Waals surface area (Å²) < 4.78 is 0. The van der Waals surface area contributed by atoms with Crippen molar-refractivity contribution in [2.45, 2.75) is 30.4 Å². The molecule has 0 unspecified atom stereocenters. The van der Waals surface area contributed by atoms with Gasteiger partial charge in [-0.25, -0.2) is 0 Å². The smallest absolute Gasteiger partial charge is 0.228 e. The number of hydrogen-bond donors (Lipinski definition) is 2. The highest BCUT2D eigenvalue weighted by molar-refractivity contribution is 8.13. The van der Waals surface area contributed by atoms with E-state index >= 15 is 0 Å². The van der Waals surface area contributed by atoms with Gasteiger partial charge in [0.05, 0.1) is 18.1 Å². The Morgan fingerprint density at radius 1 is 1.44 bits per heavy atom. The number of nitrogens with one attached hydrogen (secondary N) is 1. The Bertz CT molecular complexity index is 447. The van der Waals surface area contributed by atoms with Gasteiger partial charge in [-0.1, -0.05) is 30.0 Å². The van der Waals surface area contributed by atoms with Gasteiger partial charge in [0.25, 0.3) is 0 Å². The van der Waals surface area contributed by atoms with Crippen molar-refractivity contribution in [2.75, 3.05) is 0 Å². The van der Waals surface area contributed by atoms with E-state index in [-0.39, 0.29) is 23.5 Å². The van der Waals surface area contributed by atoms with Gasteiger partial charge in [-0.05, 0) is 19.1 Å². The predicted octanol–water partition coefficient (Wildman–Crippen LogP) is 1.19. The number of thioether (sulfide) groups is 1. The Hall–Kier alpha value is -1.33. The molecular formula is C13H15NO3S. The summed E-state index contributed by atoms with van der Waals surface area (Å²) in [5, 5.41) is 12.1. The van der Waals surface area contributed by atoms with Crippen molar-refractivity contribution in [3.8, 4) is 0 Å². The largest absolute Gasteiger partial charge is 0.393 e. The molecule has 5 heteroatoms. The SMILES string of the molecule is C[C@@H](O)[C@@H]1C(=O)N[C@H]1CC(=O)Sc1ccccc1. The van der Waals surface area contributed by atoms with Crippen molar-refractivity contribution in [1.82, 2.24) is 5.32 Å². The number of carbonyl (C=O) groups is 2. The number of benzene rings is 1. The van der Waals surface area contributed by atoms with Crippen molar-refractivity contribution in [3.63, 3.8) is 0 Å². The molecule has 1 aliphatic heterocycles. The first-order valence-corrected chi connectivity index (χ1v) is 6.64. The van der Waals surface area contributed by atoms with Crippen LogP contribution in [0, 0.1) is 5.92 Å². The molecule has 96 valence electrons. The van der Waals surface area contributed by atoms with Crippen molar-refractivity contribution < 1.29 is 14.7 Å². The van der Waals surface area contributed by atoms with Crippen LogP contribution in [0.4, 0.5) is 0 Å². The maximum atomic E-state index is 11.8. The van der Waals surface area contributed by atoms with Gasteiger partial charge in [0.15, 0.2) is 5.12 Å². The molecule has 2 rings (SSSR count). The number of amides is 1. The highest BCUT2D eigenvalue weighted by atomic mass is 32.2. The van der Waals surface area contributed by atoms with Crippen LogP contribution in [0.15, 0.2) is 35.2 Å². The lowest BCUT2D eigenvalue weighted by atomic mass is 9.84. The summed E-state index contributed by atoms with van der Waals surface area (Å²) in [6, 6.07) is 9.14. The molecule has 1 heterocycles. The summed E-state index contributed by atoms with van der Waals surface area (Å²) in [7, 11) is 0. The van der Waals surface area contributed by atoms with E-state index in [0.29, 0.717) is 0 Å². The van der Waals surface area contributed by atoms with Crippen LogP contribution < -0.4 is 5.32 Å². The summed E-state index contributed by atoms with van der Waals surface area (Å²) in [4.78, 5) is 23.9. The molecule has 1 saturated heterocycles. The molecule has 0 spiro atoms. The molecule has 2 N–H and O–H groups in total. The first-order valence-electron chi connectivity index (χ1n) is 5.82. The van der Waals surface area contributed by atoms with E-state index < -0.39 is 12.0 Å². The van der Waals surface area contributed by atoms with E-state index in [4.69, 9.17) is 0 Å². The van der Waals surface area contributed by atoms with E-state index in [1.54, 1.807) is 6.92 Å². The van der Waals surface area contributed by atoms with Gasteiger partial charge in [0.2, 0.25) is 5.91 Å². The van der Waals surface area contributed by atoms with E-state index in [2.05, 4.69) is 5.32 Å². The van der Waals surface area contributed by atoms with Gasteiger partial charge in [-0.3, -0.25) is 9.59 Å². The van der Waals surface area contributed by atoms with Crippen LogP contribution in [0.2, 0.25) is 0 Å². The average molecular weight is 265 g/mol. The number of rotatable bonds is 4. The van der Waals surface area contributed by atoms with Crippen LogP contribution in [0.25, 0.3) is 0 Å². The lowest BCUT2D eigenvalue weighted by Crippen LogP contribution is -2.62. The molecule has 3 atom stereocenters. The topological polar surface area (TPSA) is 66.4 Å². The van der Waals surface area contributed by atoms with Gasteiger partial charge in [-0.2, -0.15) is 0 Å². The number of aliphatic hydroxyl groups excluding tert-OH is 1. The Labute approximate surface area is 110 Å². The highest BCUT2D eigenvalue weighted by Gasteiger charge is 2.43. The quantitative estimate of drug-likeness (QED) is 0.634. The van der Waals surface area contributed by atoms with Gasteiger partial charge in [0.1, 0.15) is 0 Å². The minimum absolute atomic E-state index is 0.00292. The number of carbonyl (C=O) groups excluding carboxylic acids is 2. The molecule has 0 bridgehead atoms. The summed E-state index contributed by atoms with van der Waals surface area (Å²) in [5.41, 5.74) is 0. The van der Waals surface area contributed by atoms with Crippen LogP contribution in [-0.4, -0.2) is 28.3 Å². The normalized spacial score (nSPS) is 24.0. The molecule has 1 aliphatic rings. The minimum Gasteiger partial charge on any atom is -0.393 e. The lowest BCUT2D eigenvalue weighted by molar-refractivity contribution is -0.141. The summed E-state index contributed by atoms with van der Waals surface area (Å²) >= 11 is 1.16. The maximum absolute atomic E-state index is 11.8. The molecule has 0 aromatic heterocycles. The Morgan fingerprint density at radius 2 is 2.11 bits per heavy atom. The van der Waals surface area contributed by atoms with Crippen LogP contribution in [0.1, 0.15) is 13.3 Å². The summed E-state index contributed by atoms with van der Waals surface area (Å²) in [6.45, 7) is 1.57. The molecule has 1 aromatic carbocycles. The molecule has 1 fully saturated rings. The zero-order chi connectivity index (χ0) is 13.1. The van der Waals surface area contributed by atoms with E-state index in [0.717, 1.165) is 16.7 Å². The average Bonchev–Trinajstić information content (AvgIpc) is 2.28. The minimum atomic E-state index is -0.710. The zero-order valence-corrected chi connectivity index (χ0v) is 10.8. The fourth-order valence-electron chi connectivity index (χ4n) is 2.03. The van der Waals surface area contributed by atoms with E-state index in [9.17, 15) is 14.7 Å². The number of hydrogen-bond acceptors (Lipinski definition) is 4. The number of aliphatic hydroxyl groups is 1. The van der Waals surface area contributed by atoms with Crippen LogP contribution in [0.3, 0.4) is 0 Å². The van der Waals surface area contributed by atoms with Crippen molar-refractivity contribution in [1.29, 1.82) is 0 Å². The monoisotopic (exact) mass is 265 g/mol. The van der Waals surface area contributed by atoms with Gasteiger partial charge >= 0.3 is 0 Å². The molecule has 1 aromatic rings. The highest BCUT2D eigenvalue weighted by Crippen LogP contribution is 2.26. The maximum Gasteiger partial charge on any atom is 0.228 e. The third kappa shape index (κ3) is 2.91. The Balaban J connectivity index is 1.87. The second kappa shape index (κ2) is 5.54. The lowest BCUT2D eigenvalue weighted by Gasteiger charge is -2.38.